The highest BCUT2D eigenvalue weighted by Gasteiger charge is 2.09. The van der Waals surface area contributed by atoms with E-state index in [2.05, 4.69) is 16.0 Å². The zero-order chi connectivity index (χ0) is 18.1. The molecule has 3 N–H and O–H groups in total. The number of benzene rings is 1. The quantitative estimate of drug-likeness (QED) is 0.639. The van der Waals surface area contributed by atoms with E-state index in [9.17, 15) is 9.59 Å². The van der Waals surface area contributed by atoms with Crippen molar-refractivity contribution in [3.63, 3.8) is 0 Å². The topological polar surface area (TPSA) is 79.5 Å². The first-order valence-corrected chi connectivity index (χ1v) is 8.30. The van der Waals surface area contributed by atoms with Gasteiger partial charge in [-0.1, -0.05) is 17.7 Å². The third-order valence-corrected chi connectivity index (χ3v) is 3.41. The van der Waals surface area contributed by atoms with Crippen molar-refractivity contribution in [2.24, 2.45) is 0 Å². The van der Waals surface area contributed by atoms with E-state index >= 15 is 0 Å². The highest BCUT2D eigenvalue weighted by molar-refractivity contribution is 5.95. The van der Waals surface area contributed by atoms with Gasteiger partial charge in [0.05, 0.1) is 12.6 Å². The highest BCUT2D eigenvalue weighted by Crippen LogP contribution is 2.21. The summed E-state index contributed by atoms with van der Waals surface area (Å²) in [7, 11) is 0. The number of nitrogens with one attached hydrogen (secondary N) is 3. The molecule has 3 amide bonds. The minimum atomic E-state index is -0.355. The minimum Gasteiger partial charge on any atom is -0.379 e. The van der Waals surface area contributed by atoms with Gasteiger partial charge >= 0.3 is 6.03 Å². The predicted octanol–water partition coefficient (Wildman–Crippen LogP) is 2.66. The lowest BCUT2D eigenvalue weighted by Gasteiger charge is -2.13. The zero-order valence-corrected chi connectivity index (χ0v) is 15.3. The summed E-state index contributed by atoms with van der Waals surface area (Å²) in [4.78, 5) is 23.6. The van der Waals surface area contributed by atoms with Gasteiger partial charge in [-0.25, -0.2) is 4.79 Å². The van der Waals surface area contributed by atoms with Crippen molar-refractivity contribution in [1.82, 2.24) is 10.6 Å². The Morgan fingerprint density at radius 3 is 2.29 bits per heavy atom. The molecule has 0 radical (unpaired) electrons. The number of hydrogen-bond acceptors (Lipinski definition) is 3. The smallest absolute Gasteiger partial charge is 0.315 e. The van der Waals surface area contributed by atoms with Crippen LogP contribution >= 0.6 is 0 Å². The van der Waals surface area contributed by atoms with E-state index in [-0.39, 0.29) is 24.6 Å². The Morgan fingerprint density at radius 2 is 1.71 bits per heavy atom. The van der Waals surface area contributed by atoms with E-state index in [0.29, 0.717) is 13.2 Å². The van der Waals surface area contributed by atoms with Crippen LogP contribution in [0.3, 0.4) is 0 Å². The number of carbonyl (C=O) groups is 2. The number of hydrogen-bond donors (Lipinski definition) is 3. The van der Waals surface area contributed by atoms with Gasteiger partial charge in [-0.2, -0.15) is 0 Å². The van der Waals surface area contributed by atoms with E-state index in [4.69, 9.17) is 4.74 Å². The molecule has 0 unspecified atom stereocenters. The number of aryl methyl sites for hydroxylation is 3. The predicted molar refractivity (Wildman–Crippen MR) is 96.4 cm³/mol. The molecule has 6 heteroatoms. The molecule has 0 aliphatic heterocycles. The Balaban J connectivity index is 2.30. The SMILES string of the molecule is Cc1cc(C)c(NC(=O)CNC(=O)NCCCOC(C)C)c(C)c1. The summed E-state index contributed by atoms with van der Waals surface area (Å²) in [5.74, 6) is -0.247. The Labute approximate surface area is 144 Å². The molecule has 0 heterocycles. The Morgan fingerprint density at radius 1 is 1.08 bits per heavy atom. The standard InChI is InChI=1S/C18H29N3O3/c1-12(2)24-8-6-7-19-18(23)20-11-16(22)21-17-14(4)9-13(3)10-15(17)5/h9-10,12H,6-8,11H2,1-5H3,(H,21,22)(H2,19,20,23). The fraction of sp³-hybridized carbons (Fsp3) is 0.556. The maximum Gasteiger partial charge on any atom is 0.315 e. The van der Waals surface area contributed by atoms with Crippen LogP contribution in [-0.2, 0) is 9.53 Å². The summed E-state index contributed by atoms with van der Waals surface area (Å²) < 4.78 is 5.38. The molecule has 0 bridgehead atoms. The van der Waals surface area contributed by atoms with Gasteiger partial charge in [0.15, 0.2) is 0 Å². The Bertz CT molecular complexity index is 548. The number of anilines is 1. The summed E-state index contributed by atoms with van der Waals surface area (Å²) in [5.41, 5.74) is 3.98. The second kappa shape index (κ2) is 9.93. The van der Waals surface area contributed by atoms with E-state index in [1.165, 1.54) is 0 Å². The van der Waals surface area contributed by atoms with Crippen LogP contribution in [0.4, 0.5) is 10.5 Å². The molecule has 6 nitrogen and oxygen atoms in total. The van der Waals surface area contributed by atoms with Crippen LogP contribution in [0.15, 0.2) is 12.1 Å². The second-order valence-electron chi connectivity index (χ2n) is 6.20. The number of urea groups is 1. The normalized spacial score (nSPS) is 10.6. The highest BCUT2D eigenvalue weighted by atomic mass is 16.5. The number of rotatable bonds is 8. The molecule has 0 aliphatic rings. The first-order valence-electron chi connectivity index (χ1n) is 8.30. The van der Waals surface area contributed by atoms with Crippen molar-refractivity contribution in [2.45, 2.75) is 47.1 Å². The Hall–Kier alpha value is -2.08. The van der Waals surface area contributed by atoms with Gasteiger partial charge < -0.3 is 20.7 Å². The van der Waals surface area contributed by atoms with Crippen LogP contribution in [-0.4, -0.2) is 37.7 Å². The Kier molecular flexibility index (Phi) is 8.26. The maximum absolute atomic E-state index is 12.0. The zero-order valence-electron chi connectivity index (χ0n) is 15.3. The van der Waals surface area contributed by atoms with E-state index in [0.717, 1.165) is 28.8 Å². The molecule has 0 saturated heterocycles. The first-order chi connectivity index (χ1) is 11.3. The molecule has 0 atom stereocenters. The van der Waals surface area contributed by atoms with Crippen molar-refractivity contribution in [3.8, 4) is 0 Å². The third-order valence-electron chi connectivity index (χ3n) is 3.41. The van der Waals surface area contributed by atoms with Crippen LogP contribution in [0.1, 0.15) is 37.0 Å². The summed E-state index contributed by atoms with van der Waals surface area (Å²) in [6.07, 6.45) is 0.927. The molecule has 1 aromatic rings. The molecular formula is C18H29N3O3. The molecule has 0 fully saturated rings. The van der Waals surface area contributed by atoms with Gasteiger partial charge in [0.25, 0.3) is 0 Å². The van der Waals surface area contributed by atoms with Crippen molar-refractivity contribution in [3.05, 3.63) is 28.8 Å². The van der Waals surface area contributed by atoms with Gasteiger partial charge in [-0.15, -0.1) is 0 Å². The van der Waals surface area contributed by atoms with Gasteiger partial charge in [0.1, 0.15) is 0 Å². The van der Waals surface area contributed by atoms with Gasteiger partial charge in [-0.05, 0) is 52.2 Å². The van der Waals surface area contributed by atoms with E-state index in [1.807, 2.05) is 46.8 Å². The van der Waals surface area contributed by atoms with Gasteiger partial charge in [0.2, 0.25) is 5.91 Å². The maximum atomic E-state index is 12.0. The summed E-state index contributed by atoms with van der Waals surface area (Å²) in [6, 6.07) is 3.68. The molecule has 0 aromatic heterocycles. The molecule has 134 valence electrons. The number of ether oxygens (including phenoxy) is 1. The second-order valence-corrected chi connectivity index (χ2v) is 6.20. The van der Waals surface area contributed by atoms with E-state index < -0.39 is 0 Å². The van der Waals surface area contributed by atoms with Crippen molar-refractivity contribution in [2.75, 3.05) is 25.0 Å². The monoisotopic (exact) mass is 335 g/mol. The molecule has 0 aliphatic carbocycles. The average molecular weight is 335 g/mol. The average Bonchev–Trinajstić information content (AvgIpc) is 2.48. The fourth-order valence-electron chi connectivity index (χ4n) is 2.38. The van der Waals surface area contributed by atoms with Crippen molar-refractivity contribution < 1.29 is 14.3 Å². The molecular weight excluding hydrogens is 306 g/mol. The summed E-state index contributed by atoms with van der Waals surface area (Å²) >= 11 is 0. The molecule has 1 aromatic carbocycles. The summed E-state index contributed by atoms with van der Waals surface area (Å²) in [5, 5.41) is 8.09. The van der Waals surface area contributed by atoms with Crippen LogP contribution in [0.5, 0.6) is 0 Å². The minimum absolute atomic E-state index is 0.0684. The lowest BCUT2D eigenvalue weighted by Crippen LogP contribution is -2.40. The lowest BCUT2D eigenvalue weighted by atomic mass is 10.1. The van der Waals surface area contributed by atoms with Crippen molar-refractivity contribution >= 4 is 17.6 Å². The van der Waals surface area contributed by atoms with Crippen LogP contribution in [0, 0.1) is 20.8 Å². The first kappa shape index (κ1) is 20.0. The molecule has 0 spiro atoms. The lowest BCUT2D eigenvalue weighted by molar-refractivity contribution is -0.115. The molecule has 0 saturated carbocycles. The van der Waals surface area contributed by atoms with Gasteiger partial charge in [-0.3, -0.25) is 4.79 Å². The van der Waals surface area contributed by atoms with E-state index in [1.54, 1.807) is 0 Å². The third kappa shape index (κ3) is 7.46. The summed E-state index contributed by atoms with van der Waals surface area (Å²) in [6.45, 7) is 10.9. The van der Waals surface area contributed by atoms with Crippen LogP contribution in [0.2, 0.25) is 0 Å². The number of amides is 3. The number of carbonyl (C=O) groups excluding carboxylic acids is 2. The van der Waals surface area contributed by atoms with Crippen LogP contribution < -0.4 is 16.0 Å². The van der Waals surface area contributed by atoms with Crippen LogP contribution in [0.25, 0.3) is 0 Å². The largest absolute Gasteiger partial charge is 0.379 e. The van der Waals surface area contributed by atoms with Crippen molar-refractivity contribution in [1.29, 1.82) is 0 Å². The van der Waals surface area contributed by atoms with Gasteiger partial charge in [0, 0.05) is 18.8 Å². The fourth-order valence-corrected chi connectivity index (χ4v) is 2.38. The molecule has 1 rings (SSSR count). The molecule has 24 heavy (non-hydrogen) atoms.